The monoisotopic (exact) mass is 287 g/mol. The first-order valence-corrected chi connectivity index (χ1v) is 6.73. The Hall–Kier alpha value is -2.41. The Morgan fingerprint density at radius 1 is 1.38 bits per heavy atom. The van der Waals surface area contributed by atoms with Crippen LogP contribution < -0.4 is 0 Å². The Morgan fingerprint density at radius 2 is 2.29 bits per heavy atom. The summed E-state index contributed by atoms with van der Waals surface area (Å²) < 4.78 is 12.3. The molecule has 3 aromatic heterocycles. The van der Waals surface area contributed by atoms with Crippen LogP contribution in [0.25, 0.3) is 11.6 Å². The van der Waals surface area contributed by atoms with Crippen molar-refractivity contribution in [2.45, 2.75) is 13.0 Å². The summed E-state index contributed by atoms with van der Waals surface area (Å²) in [5.41, 5.74) is 1.21. The molecular weight excluding hydrogens is 270 g/mol. The lowest BCUT2D eigenvalue weighted by atomic mass is 10.2. The van der Waals surface area contributed by atoms with Crippen LogP contribution in [0.5, 0.6) is 0 Å². The summed E-state index contributed by atoms with van der Waals surface area (Å²) in [6.07, 6.45) is 6.43. The van der Waals surface area contributed by atoms with E-state index in [1.807, 2.05) is 31.2 Å². The van der Waals surface area contributed by atoms with Crippen molar-refractivity contribution in [3.63, 3.8) is 0 Å². The van der Waals surface area contributed by atoms with Crippen molar-refractivity contribution in [2.75, 3.05) is 13.6 Å². The summed E-state index contributed by atoms with van der Waals surface area (Å²) in [6.45, 7) is 1.50. The van der Waals surface area contributed by atoms with E-state index in [1.165, 1.54) is 5.56 Å². The van der Waals surface area contributed by atoms with Crippen LogP contribution >= 0.6 is 0 Å². The van der Waals surface area contributed by atoms with E-state index in [-0.39, 0.29) is 0 Å². The van der Waals surface area contributed by atoms with Gasteiger partial charge in [0.25, 0.3) is 0 Å². The smallest absolute Gasteiger partial charge is 0.241 e. The third-order valence-electron chi connectivity index (χ3n) is 3.16. The minimum atomic E-state index is 0.482. The van der Waals surface area contributed by atoms with Gasteiger partial charge in [0.1, 0.15) is 0 Å². The Balaban J connectivity index is 1.54. The molecule has 0 aliphatic heterocycles. The van der Waals surface area contributed by atoms with Crippen LogP contribution in [0.15, 0.2) is 39.7 Å². The molecule has 3 heterocycles. The predicted octanol–water partition coefficient (Wildman–Crippen LogP) is 1.74. The quantitative estimate of drug-likeness (QED) is 0.687. The predicted molar refractivity (Wildman–Crippen MR) is 75.2 cm³/mol. The largest absolute Gasteiger partial charge is 0.461 e. The minimum absolute atomic E-state index is 0.482. The van der Waals surface area contributed by atoms with Gasteiger partial charge >= 0.3 is 0 Å². The molecule has 7 nitrogen and oxygen atoms in total. The van der Waals surface area contributed by atoms with Gasteiger partial charge in [-0.1, -0.05) is 5.16 Å². The van der Waals surface area contributed by atoms with Crippen LogP contribution in [0, 0.1) is 0 Å². The molecule has 3 aromatic rings. The molecular formula is C14H17N5O2. The van der Waals surface area contributed by atoms with Gasteiger partial charge < -0.3 is 8.94 Å². The second-order valence-electron chi connectivity index (χ2n) is 5.00. The highest BCUT2D eigenvalue weighted by atomic mass is 16.5. The van der Waals surface area contributed by atoms with Crippen LogP contribution in [0.3, 0.4) is 0 Å². The number of furan rings is 1. The highest BCUT2D eigenvalue weighted by Gasteiger charge is 2.12. The fraction of sp³-hybridized carbons (Fsp3) is 0.357. The number of hydrogen-bond acceptors (Lipinski definition) is 6. The molecule has 0 aliphatic rings. The van der Waals surface area contributed by atoms with E-state index < -0.39 is 0 Å². The van der Waals surface area contributed by atoms with Crippen molar-refractivity contribution >= 4 is 0 Å². The van der Waals surface area contributed by atoms with E-state index >= 15 is 0 Å². The summed E-state index contributed by atoms with van der Waals surface area (Å²) in [4.78, 5) is 6.45. The topological polar surface area (TPSA) is 73.1 Å². The van der Waals surface area contributed by atoms with E-state index in [4.69, 9.17) is 8.94 Å². The first kappa shape index (κ1) is 13.6. The number of aromatic nitrogens is 4. The molecule has 110 valence electrons. The summed E-state index contributed by atoms with van der Waals surface area (Å²) in [5.74, 6) is 1.67. The summed E-state index contributed by atoms with van der Waals surface area (Å²) in [6, 6.07) is 3.60. The van der Waals surface area contributed by atoms with Gasteiger partial charge in [0.15, 0.2) is 5.76 Å². The van der Waals surface area contributed by atoms with Gasteiger partial charge in [-0.15, -0.1) is 0 Å². The van der Waals surface area contributed by atoms with E-state index in [9.17, 15) is 0 Å². The molecule has 0 spiro atoms. The van der Waals surface area contributed by atoms with Crippen LogP contribution in [-0.2, 0) is 20.0 Å². The summed E-state index contributed by atoms with van der Waals surface area (Å²) >= 11 is 0. The van der Waals surface area contributed by atoms with Gasteiger partial charge in [-0.05, 0) is 31.2 Å². The third kappa shape index (κ3) is 3.38. The standard InChI is InChI=1S/C14H17N5O2/c1-18(6-5-11-8-15-19(2)9-11)10-13-16-14(17-21-13)12-4-3-7-20-12/h3-4,7-9H,5-6,10H2,1-2H3. The lowest BCUT2D eigenvalue weighted by molar-refractivity contribution is 0.269. The van der Waals surface area contributed by atoms with Crippen LogP contribution in [-0.4, -0.2) is 38.4 Å². The van der Waals surface area contributed by atoms with Gasteiger partial charge in [0.05, 0.1) is 19.0 Å². The molecule has 7 heteroatoms. The van der Waals surface area contributed by atoms with Gasteiger partial charge in [0, 0.05) is 19.8 Å². The maximum atomic E-state index is 5.24. The first-order chi connectivity index (χ1) is 10.2. The molecule has 0 amide bonds. The SMILES string of the molecule is CN(CCc1cnn(C)c1)Cc1nc(-c2ccco2)no1. The number of rotatable bonds is 6. The Labute approximate surface area is 122 Å². The van der Waals surface area contributed by atoms with Crippen LogP contribution in [0.1, 0.15) is 11.5 Å². The maximum absolute atomic E-state index is 5.24. The van der Waals surface area contributed by atoms with Crippen molar-refractivity contribution in [3.05, 3.63) is 42.2 Å². The van der Waals surface area contributed by atoms with Crippen molar-refractivity contribution < 1.29 is 8.94 Å². The van der Waals surface area contributed by atoms with E-state index in [2.05, 4.69) is 20.1 Å². The van der Waals surface area contributed by atoms with Crippen molar-refractivity contribution in [2.24, 2.45) is 7.05 Å². The molecule has 0 fully saturated rings. The van der Waals surface area contributed by atoms with Gasteiger partial charge in [-0.25, -0.2) is 0 Å². The zero-order valence-electron chi connectivity index (χ0n) is 12.1. The second kappa shape index (κ2) is 5.92. The lowest BCUT2D eigenvalue weighted by Crippen LogP contribution is -2.20. The van der Waals surface area contributed by atoms with Crippen LogP contribution in [0.2, 0.25) is 0 Å². The highest BCUT2D eigenvalue weighted by molar-refractivity contribution is 5.44. The average Bonchev–Trinajstić information content (AvgIpc) is 3.16. The van der Waals surface area contributed by atoms with E-state index in [1.54, 1.807) is 18.4 Å². The number of likely N-dealkylation sites (N-methyl/N-ethyl adjacent to an activating group) is 1. The highest BCUT2D eigenvalue weighted by Crippen LogP contribution is 2.16. The zero-order valence-corrected chi connectivity index (χ0v) is 12.1. The summed E-state index contributed by atoms with van der Waals surface area (Å²) in [5, 5.41) is 8.07. The molecule has 0 aliphatic carbocycles. The molecule has 0 saturated carbocycles. The minimum Gasteiger partial charge on any atom is -0.461 e. The summed E-state index contributed by atoms with van der Waals surface area (Å²) in [7, 11) is 3.94. The lowest BCUT2D eigenvalue weighted by Gasteiger charge is -2.12. The zero-order chi connectivity index (χ0) is 14.7. The number of aryl methyl sites for hydroxylation is 1. The van der Waals surface area contributed by atoms with Crippen molar-refractivity contribution in [3.8, 4) is 11.6 Å². The normalized spacial score (nSPS) is 11.4. The Morgan fingerprint density at radius 3 is 3.00 bits per heavy atom. The molecule has 0 bridgehead atoms. The number of nitrogens with zero attached hydrogens (tertiary/aromatic N) is 5. The molecule has 0 aromatic carbocycles. The van der Waals surface area contributed by atoms with Crippen molar-refractivity contribution in [1.29, 1.82) is 0 Å². The van der Waals surface area contributed by atoms with Gasteiger partial charge in [-0.2, -0.15) is 10.1 Å². The third-order valence-corrected chi connectivity index (χ3v) is 3.16. The van der Waals surface area contributed by atoms with E-state index in [0.717, 1.165) is 13.0 Å². The van der Waals surface area contributed by atoms with Crippen molar-refractivity contribution in [1.82, 2.24) is 24.8 Å². The van der Waals surface area contributed by atoms with E-state index in [0.29, 0.717) is 24.0 Å². The van der Waals surface area contributed by atoms with Gasteiger partial charge in [-0.3, -0.25) is 9.58 Å². The Bertz CT molecular complexity index is 686. The van der Waals surface area contributed by atoms with Gasteiger partial charge in [0.2, 0.25) is 11.7 Å². The second-order valence-corrected chi connectivity index (χ2v) is 5.00. The fourth-order valence-corrected chi connectivity index (χ4v) is 2.06. The molecule has 0 unspecified atom stereocenters. The molecule has 0 radical (unpaired) electrons. The fourth-order valence-electron chi connectivity index (χ4n) is 2.06. The first-order valence-electron chi connectivity index (χ1n) is 6.73. The Kier molecular flexibility index (Phi) is 3.83. The average molecular weight is 287 g/mol. The molecule has 0 atom stereocenters. The molecule has 21 heavy (non-hydrogen) atoms. The molecule has 3 rings (SSSR count). The maximum Gasteiger partial charge on any atom is 0.241 e. The number of hydrogen-bond donors (Lipinski definition) is 0. The molecule has 0 N–H and O–H groups in total. The van der Waals surface area contributed by atoms with Crippen LogP contribution in [0.4, 0.5) is 0 Å². The molecule has 0 saturated heterocycles.